The fourth-order valence-corrected chi connectivity index (χ4v) is 4.63. The molecule has 3 amide bonds. The first-order valence-corrected chi connectivity index (χ1v) is 10.7. The van der Waals surface area contributed by atoms with Crippen molar-refractivity contribution in [1.29, 1.82) is 0 Å². The molecule has 2 rings (SSSR count). The number of sulfone groups is 1. The first-order valence-electron chi connectivity index (χ1n) is 8.11. The zero-order chi connectivity index (χ0) is 19.5. The Morgan fingerprint density at radius 3 is 2.50 bits per heavy atom. The molecule has 1 aliphatic rings. The molecule has 0 aliphatic carbocycles. The summed E-state index contributed by atoms with van der Waals surface area (Å²) in [5.41, 5.74) is 0.346. The molecule has 1 heterocycles. The number of benzene rings is 1. The first kappa shape index (κ1) is 20.8. The molecule has 3 N–H and O–H groups in total. The zero-order valence-corrected chi connectivity index (χ0v) is 16.7. The Bertz CT molecular complexity index is 799. The Hall–Kier alpha value is -1.51. The molecule has 1 aromatic carbocycles. The summed E-state index contributed by atoms with van der Waals surface area (Å²) in [6, 6.07) is 2.81. The normalized spacial score (nSPS) is 19.8. The van der Waals surface area contributed by atoms with Crippen LogP contribution in [0.25, 0.3) is 0 Å². The lowest BCUT2D eigenvalue weighted by atomic mass is 10.0. The van der Waals surface area contributed by atoms with Crippen molar-refractivity contribution in [3.8, 4) is 0 Å². The van der Waals surface area contributed by atoms with Gasteiger partial charge in [-0.3, -0.25) is 4.79 Å². The number of nitrogens with one attached hydrogen (secondary N) is 3. The number of halogens is 2. The molecule has 1 saturated heterocycles. The van der Waals surface area contributed by atoms with Gasteiger partial charge in [-0.25, -0.2) is 13.2 Å². The molecule has 1 aromatic rings. The Balaban J connectivity index is 2.00. The highest BCUT2D eigenvalue weighted by atomic mass is 35.5. The minimum atomic E-state index is -3.10. The van der Waals surface area contributed by atoms with Gasteiger partial charge in [-0.2, -0.15) is 0 Å². The van der Waals surface area contributed by atoms with Crippen LogP contribution in [-0.2, 0) is 14.6 Å². The molecule has 26 heavy (non-hydrogen) atoms. The lowest BCUT2D eigenvalue weighted by Gasteiger charge is -2.23. The van der Waals surface area contributed by atoms with E-state index in [-0.39, 0.29) is 17.4 Å². The van der Waals surface area contributed by atoms with Crippen LogP contribution in [0.2, 0.25) is 10.0 Å². The van der Waals surface area contributed by atoms with Gasteiger partial charge in [0.15, 0.2) is 9.84 Å². The molecular formula is C16H21Cl2N3O4S. The summed E-state index contributed by atoms with van der Waals surface area (Å²) in [5.74, 6) is -0.680. The lowest BCUT2D eigenvalue weighted by molar-refractivity contribution is -0.118. The number of carbonyl (C=O) groups excluding carboxylic acids is 2. The van der Waals surface area contributed by atoms with Crippen molar-refractivity contribution < 1.29 is 18.0 Å². The predicted molar refractivity (Wildman–Crippen MR) is 102 cm³/mol. The van der Waals surface area contributed by atoms with Crippen molar-refractivity contribution in [2.75, 3.05) is 16.8 Å². The second kappa shape index (κ2) is 8.45. The van der Waals surface area contributed by atoms with Crippen LogP contribution in [0.5, 0.6) is 0 Å². The van der Waals surface area contributed by atoms with Crippen molar-refractivity contribution in [2.45, 2.75) is 32.4 Å². The van der Waals surface area contributed by atoms with Gasteiger partial charge in [0.25, 0.3) is 0 Å². The van der Waals surface area contributed by atoms with Gasteiger partial charge in [-0.1, -0.05) is 37.0 Å². The number of anilines is 1. The van der Waals surface area contributed by atoms with Gasteiger partial charge in [-0.15, -0.1) is 0 Å². The first-order chi connectivity index (χ1) is 12.1. The van der Waals surface area contributed by atoms with Crippen molar-refractivity contribution >= 4 is 50.7 Å². The SMILES string of the molecule is CC(C)[C@@H](NC(=O)NC1CCS(=O)(=O)C1)C(=O)Nc1cc(Cl)ccc1Cl. The Morgan fingerprint density at radius 1 is 1.23 bits per heavy atom. The average molecular weight is 422 g/mol. The molecule has 1 unspecified atom stereocenters. The highest BCUT2D eigenvalue weighted by molar-refractivity contribution is 7.91. The molecule has 0 radical (unpaired) electrons. The van der Waals surface area contributed by atoms with E-state index in [0.717, 1.165) is 0 Å². The number of rotatable bonds is 5. The molecule has 7 nitrogen and oxygen atoms in total. The summed E-state index contributed by atoms with van der Waals surface area (Å²) in [6.45, 7) is 3.56. The van der Waals surface area contributed by atoms with Crippen molar-refractivity contribution in [3.05, 3.63) is 28.2 Å². The number of amides is 3. The molecule has 0 saturated carbocycles. The van der Waals surface area contributed by atoms with E-state index >= 15 is 0 Å². The van der Waals surface area contributed by atoms with Crippen molar-refractivity contribution in [1.82, 2.24) is 10.6 Å². The van der Waals surface area contributed by atoms with E-state index in [1.54, 1.807) is 26.0 Å². The summed E-state index contributed by atoms with van der Waals surface area (Å²) >= 11 is 11.9. The maximum atomic E-state index is 12.5. The molecule has 1 fully saturated rings. The van der Waals surface area contributed by atoms with E-state index < -0.39 is 33.9 Å². The van der Waals surface area contributed by atoms with Crippen LogP contribution in [0.15, 0.2) is 18.2 Å². The van der Waals surface area contributed by atoms with Crippen LogP contribution >= 0.6 is 23.2 Å². The third kappa shape index (κ3) is 5.75. The molecule has 0 aromatic heterocycles. The van der Waals surface area contributed by atoms with Gasteiger partial charge in [0, 0.05) is 11.1 Å². The maximum Gasteiger partial charge on any atom is 0.315 e. The number of hydrogen-bond acceptors (Lipinski definition) is 4. The monoisotopic (exact) mass is 421 g/mol. The van der Waals surface area contributed by atoms with Crippen molar-refractivity contribution in [2.24, 2.45) is 5.92 Å². The van der Waals surface area contributed by atoms with Crippen LogP contribution in [0.4, 0.5) is 10.5 Å². The van der Waals surface area contributed by atoms with Crippen LogP contribution < -0.4 is 16.0 Å². The van der Waals surface area contributed by atoms with E-state index in [4.69, 9.17) is 23.2 Å². The second-order valence-electron chi connectivity index (χ2n) is 6.55. The third-order valence-corrected chi connectivity index (χ3v) is 6.32. The standard InChI is InChI=1S/C16H21Cl2N3O4S/c1-9(2)14(15(22)20-13-7-10(17)3-4-12(13)18)21-16(23)19-11-5-6-26(24,25)8-11/h3-4,7,9,11,14H,5-6,8H2,1-2H3,(H,20,22)(H2,19,21,23)/t11?,14-/m1/s1. The molecule has 0 spiro atoms. The highest BCUT2D eigenvalue weighted by Gasteiger charge is 2.31. The quantitative estimate of drug-likeness (QED) is 0.678. The summed E-state index contributed by atoms with van der Waals surface area (Å²) in [5, 5.41) is 8.59. The molecule has 10 heteroatoms. The van der Waals surface area contributed by atoms with Gasteiger partial charge < -0.3 is 16.0 Å². The summed E-state index contributed by atoms with van der Waals surface area (Å²) in [4.78, 5) is 24.7. The number of urea groups is 1. The zero-order valence-electron chi connectivity index (χ0n) is 14.4. The summed E-state index contributed by atoms with van der Waals surface area (Å²) in [6.07, 6.45) is 0.367. The Kier molecular flexibility index (Phi) is 6.76. The molecule has 144 valence electrons. The average Bonchev–Trinajstić information content (AvgIpc) is 2.86. The van der Waals surface area contributed by atoms with E-state index in [9.17, 15) is 18.0 Å². The Morgan fingerprint density at radius 2 is 1.92 bits per heavy atom. The van der Waals surface area contributed by atoms with Crippen LogP contribution in [-0.4, -0.2) is 43.9 Å². The van der Waals surface area contributed by atoms with Gasteiger partial charge >= 0.3 is 6.03 Å². The largest absolute Gasteiger partial charge is 0.334 e. The van der Waals surface area contributed by atoms with Gasteiger partial charge in [0.1, 0.15) is 6.04 Å². The summed E-state index contributed by atoms with van der Waals surface area (Å²) < 4.78 is 22.9. The van der Waals surface area contributed by atoms with Gasteiger partial charge in [0.2, 0.25) is 5.91 Å². The number of hydrogen-bond donors (Lipinski definition) is 3. The van der Waals surface area contributed by atoms with E-state index in [2.05, 4.69) is 16.0 Å². The topological polar surface area (TPSA) is 104 Å². The second-order valence-corrected chi connectivity index (χ2v) is 9.63. The maximum absolute atomic E-state index is 12.5. The minimum Gasteiger partial charge on any atom is -0.334 e. The Labute approximate surface area is 162 Å². The fourth-order valence-electron chi connectivity index (χ4n) is 2.62. The molecule has 2 atom stereocenters. The smallest absolute Gasteiger partial charge is 0.315 e. The molecule has 1 aliphatic heterocycles. The number of carbonyl (C=O) groups is 2. The highest BCUT2D eigenvalue weighted by Crippen LogP contribution is 2.25. The summed E-state index contributed by atoms with van der Waals surface area (Å²) in [7, 11) is -3.10. The van der Waals surface area contributed by atoms with E-state index in [1.807, 2.05) is 0 Å². The minimum absolute atomic E-state index is 0.0549. The molecular weight excluding hydrogens is 401 g/mol. The van der Waals surface area contributed by atoms with E-state index in [1.165, 1.54) is 6.07 Å². The lowest BCUT2D eigenvalue weighted by Crippen LogP contribution is -2.52. The van der Waals surface area contributed by atoms with E-state index in [0.29, 0.717) is 22.2 Å². The van der Waals surface area contributed by atoms with Crippen LogP contribution in [0, 0.1) is 5.92 Å². The van der Waals surface area contributed by atoms with Gasteiger partial charge in [-0.05, 0) is 30.5 Å². The molecule has 0 bridgehead atoms. The van der Waals surface area contributed by atoms with Crippen LogP contribution in [0.3, 0.4) is 0 Å². The van der Waals surface area contributed by atoms with Crippen LogP contribution in [0.1, 0.15) is 20.3 Å². The predicted octanol–water partition coefficient (Wildman–Crippen LogP) is 2.44. The third-order valence-electron chi connectivity index (χ3n) is 3.99. The van der Waals surface area contributed by atoms with Crippen molar-refractivity contribution in [3.63, 3.8) is 0 Å². The fraction of sp³-hybridized carbons (Fsp3) is 0.500. The van der Waals surface area contributed by atoms with Gasteiger partial charge in [0.05, 0.1) is 22.2 Å².